The molecular weight excluding hydrogens is 444 g/mol. The van der Waals surface area contributed by atoms with Gasteiger partial charge < -0.3 is 0 Å². The topological polar surface area (TPSA) is 0 Å². The zero-order valence-corrected chi connectivity index (χ0v) is 30.8. The Labute approximate surface area is 241 Å². The van der Waals surface area contributed by atoms with E-state index >= 15 is 0 Å². The molecule has 0 heteroatoms. The van der Waals surface area contributed by atoms with E-state index in [1.54, 1.807) is 0 Å². The van der Waals surface area contributed by atoms with E-state index in [0.29, 0.717) is 16.2 Å². The zero-order valence-electron chi connectivity index (χ0n) is 30.8. The maximum absolute atomic E-state index is 2.40. The highest BCUT2D eigenvalue weighted by molar-refractivity contribution is 4.72. The molecule has 0 aliphatic carbocycles. The summed E-state index contributed by atoms with van der Waals surface area (Å²) < 4.78 is 0. The van der Waals surface area contributed by atoms with Crippen molar-refractivity contribution in [1.82, 2.24) is 0 Å². The number of hydrogen-bond acceptors (Lipinski definition) is 0. The SMILES string of the molecule is CC(C)CC(C)(C)C.CC(C)CC(C)C(C)(C)C.CC(C)CC(C)C(C)C.CCC(C)(CC)CC(C)C. The molecule has 0 aromatic heterocycles. The first-order chi connectivity index (χ1) is 16.3. The predicted octanol–water partition coefficient (Wildman–Crippen LogP) is 14.0. The fraction of sp³-hybridized carbons (Fsp3) is 1.00. The van der Waals surface area contributed by atoms with Crippen LogP contribution in [-0.2, 0) is 0 Å². The Morgan fingerprint density at radius 1 is 0.459 bits per heavy atom. The molecule has 0 aliphatic heterocycles. The van der Waals surface area contributed by atoms with Crippen molar-refractivity contribution < 1.29 is 0 Å². The van der Waals surface area contributed by atoms with Crippen molar-refractivity contribution in [1.29, 1.82) is 0 Å². The normalized spacial score (nSPS) is 14.1. The standard InChI is InChI=1S/2C10H22.C9H20.C8H18/c1-8(2)7-9(3)10(4,5)6;1-6-10(5,7-2)8-9(3)4;1-7(2)6-9(5)8(3)4;1-7(2)6-8(3,4)5/h8-9H,7H2,1-6H3;9H,6-8H2,1-5H3;7-9H,6H2,1-5H3;7H,6H2,1-5H3. The molecule has 37 heavy (non-hydrogen) atoms. The van der Waals surface area contributed by atoms with Crippen LogP contribution in [-0.4, -0.2) is 0 Å². The molecule has 0 nitrogen and oxygen atoms in total. The summed E-state index contributed by atoms with van der Waals surface area (Å²) in [7, 11) is 0. The highest BCUT2D eigenvalue weighted by Gasteiger charge is 2.21. The third-order valence-electron chi connectivity index (χ3n) is 7.91. The Bertz CT molecular complexity index is 459. The maximum Gasteiger partial charge on any atom is -0.0329 e. The Hall–Kier alpha value is 0. The van der Waals surface area contributed by atoms with Crippen molar-refractivity contribution in [2.75, 3.05) is 0 Å². The van der Waals surface area contributed by atoms with Gasteiger partial charge in [-0.3, -0.25) is 0 Å². The molecule has 0 fully saturated rings. The largest absolute Gasteiger partial charge is 0.0649 e. The minimum Gasteiger partial charge on any atom is -0.0649 e. The number of hydrogen-bond donors (Lipinski definition) is 0. The molecule has 0 heterocycles. The minimum atomic E-state index is 0.490. The Balaban J connectivity index is -0.000000197. The van der Waals surface area contributed by atoms with E-state index in [4.69, 9.17) is 0 Å². The fourth-order valence-electron chi connectivity index (χ4n) is 4.83. The van der Waals surface area contributed by atoms with E-state index in [1.165, 1.54) is 38.5 Å². The molecule has 230 valence electrons. The lowest BCUT2D eigenvalue weighted by atomic mass is 9.78. The van der Waals surface area contributed by atoms with Gasteiger partial charge >= 0.3 is 0 Å². The van der Waals surface area contributed by atoms with Crippen molar-refractivity contribution in [2.24, 2.45) is 57.7 Å². The van der Waals surface area contributed by atoms with Crippen LogP contribution in [0.25, 0.3) is 0 Å². The number of rotatable bonds is 10. The van der Waals surface area contributed by atoms with Gasteiger partial charge in [-0.25, -0.2) is 0 Å². The van der Waals surface area contributed by atoms with Gasteiger partial charge in [0.25, 0.3) is 0 Å². The summed E-state index contributed by atoms with van der Waals surface area (Å²) in [6.45, 7) is 48.4. The lowest BCUT2D eigenvalue weighted by Crippen LogP contribution is -2.18. The molecule has 0 radical (unpaired) electrons. The van der Waals surface area contributed by atoms with E-state index in [1.807, 2.05) is 0 Å². The van der Waals surface area contributed by atoms with E-state index < -0.39 is 0 Å². The van der Waals surface area contributed by atoms with Crippen LogP contribution >= 0.6 is 0 Å². The maximum atomic E-state index is 2.40. The monoisotopic (exact) mass is 527 g/mol. The molecule has 0 bridgehead atoms. The van der Waals surface area contributed by atoms with E-state index in [9.17, 15) is 0 Å². The van der Waals surface area contributed by atoms with Crippen molar-refractivity contribution >= 4 is 0 Å². The van der Waals surface area contributed by atoms with Gasteiger partial charge in [0.15, 0.2) is 0 Å². The lowest BCUT2D eigenvalue weighted by molar-refractivity contribution is 0.224. The van der Waals surface area contributed by atoms with Gasteiger partial charge in [0.05, 0.1) is 0 Å². The molecule has 0 aromatic rings. The zero-order chi connectivity index (χ0) is 30.8. The minimum absolute atomic E-state index is 0.490. The first-order valence-electron chi connectivity index (χ1n) is 16.3. The van der Waals surface area contributed by atoms with Gasteiger partial charge in [0, 0.05) is 0 Å². The van der Waals surface area contributed by atoms with Crippen molar-refractivity contribution in [3.63, 3.8) is 0 Å². The summed E-state index contributed by atoms with van der Waals surface area (Å²) in [5.41, 5.74) is 1.62. The Kier molecular flexibility index (Phi) is 25.9. The fourth-order valence-corrected chi connectivity index (χ4v) is 4.83. The highest BCUT2D eigenvalue weighted by Crippen LogP contribution is 2.33. The molecule has 0 amide bonds. The average molecular weight is 527 g/mol. The van der Waals surface area contributed by atoms with E-state index in [-0.39, 0.29) is 0 Å². The lowest BCUT2D eigenvalue weighted by Gasteiger charge is -2.28. The molecular formula is C37H82. The van der Waals surface area contributed by atoms with Crippen molar-refractivity contribution in [3.05, 3.63) is 0 Å². The Morgan fingerprint density at radius 3 is 0.892 bits per heavy atom. The van der Waals surface area contributed by atoms with Gasteiger partial charge in [-0.1, -0.05) is 158 Å². The van der Waals surface area contributed by atoms with Crippen LogP contribution in [0.3, 0.4) is 0 Å². The summed E-state index contributed by atoms with van der Waals surface area (Å²) >= 11 is 0. The van der Waals surface area contributed by atoms with Crippen LogP contribution in [0.2, 0.25) is 0 Å². The predicted molar refractivity (Wildman–Crippen MR) is 179 cm³/mol. The van der Waals surface area contributed by atoms with Crippen LogP contribution < -0.4 is 0 Å². The molecule has 0 rings (SSSR count). The van der Waals surface area contributed by atoms with Gasteiger partial charge in [-0.2, -0.15) is 0 Å². The van der Waals surface area contributed by atoms with Crippen molar-refractivity contribution in [2.45, 2.75) is 184 Å². The molecule has 0 spiro atoms. The molecule has 0 saturated heterocycles. The molecule has 2 unspecified atom stereocenters. The summed E-state index contributed by atoms with van der Waals surface area (Å²) in [5.74, 6) is 5.99. The van der Waals surface area contributed by atoms with Gasteiger partial charge in [0.1, 0.15) is 0 Å². The van der Waals surface area contributed by atoms with Gasteiger partial charge in [0.2, 0.25) is 0 Å². The van der Waals surface area contributed by atoms with Crippen LogP contribution in [0.4, 0.5) is 0 Å². The molecule has 0 aromatic carbocycles. The van der Waals surface area contributed by atoms with Crippen LogP contribution in [0.15, 0.2) is 0 Å². The average Bonchev–Trinajstić information content (AvgIpc) is 2.65. The van der Waals surface area contributed by atoms with Gasteiger partial charge in [-0.15, -0.1) is 0 Å². The summed E-state index contributed by atoms with van der Waals surface area (Å²) in [6, 6.07) is 0. The summed E-state index contributed by atoms with van der Waals surface area (Å²) in [5, 5.41) is 0. The van der Waals surface area contributed by atoms with E-state index in [2.05, 4.69) is 145 Å². The molecule has 0 saturated carbocycles. The third-order valence-corrected chi connectivity index (χ3v) is 7.91. The molecule has 0 aliphatic rings. The van der Waals surface area contributed by atoms with Gasteiger partial charge in [-0.05, 0) is 83.4 Å². The summed E-state index contributed by atoms with van der Waals surface area (Å²) in [4.78, 5) is 0. The van der Waals surface area contributed by atoms with Crippen LogP contribution in [0, 0.1) is 57.7 Å². The quantitative estimate of drug-likeness (QED) is 0.265. The molecule has 2 atom stereocenters. The third kappa shape index (κ3) is 36.0. The Morgan fingerprint density at radius 2 is 0.811 bits per heavy atom. The van der Waals surface area contributed by atoms with Crippen molar-refractivity contribution in [3.8, 4) is 0 Å². The second-order valence-corrected chi connectivity index (χ2v) is 17.0. The van der Waals surface area contributed by atoms with Crippen LogP contribution in [0.5, 0.6) is 0 Å². The van der Waals surface area contributed by atoms with Crippen LogP contribution in [0.1, 0.15) is 184 Å². The smallest absolute Gasteiger partial charge is 0.0329 e. The first-order valence-corrected chi connectivity index (χ1v) is 16.3. The summed E-state index contributed by atoms with van der Waals surface area (Å²) in [6.07, 6.45) is 8.07. The second kappa shape index (κ2) is 21.8. The van der Waals surface area contributed by atoms with E-state index in [0.717, 1.165) is 41.4 Å². The first kappa shape index (κ1) is 44.0. The second-order valence-electron chi connectivity index (χ2n) is 17.0. The molecule has 0 N–H and O–H groups in total. The highest BCUT2D eigenvalue weighted by atomic mass is 14.3.